The molecule has 0 spiro atoms. The molecule has 19 heavy (non-hydrogen) atoms. The van der Waals surface area contributed by atoms with Crippen LogP contribution in [-0.4, -0.2) is 24.7 Å². The summed E-state index contributed by atoms with van der Waals surface area (Å²) >= 11 is 3.14. The molecule has 106 valence electrons. The van der Waals surface area contributed by atoms with Gasteiger partial charge in [-0.2, -0.15) is 0 Å². The highest BCUT2D eigenvalue weighted by Gasteiger charge is 2.41. The van der Waals surface area contributed by atoms with Crippen molar-refractivity contribution < 1.29 is 13.6 Å². The van der Waals surface area contributed by atoms with Crippen LogP contribution in [0.2, 0.25) is 0 Å². The fraction of sp³-hybridized carbons (Fsp3) is 0.417. The van der Waals surface area contributed by atoms with E-state index in [9.17, 15) is 13.6 Å². The Balaban J connectivity index is 0.00000180. The Hall–Kier alpha value is -0.720. The summed E-state index contributed by atoms with van der Waals surface area (Å²) in [6.07, 6.45) is 0.154. The lowest BCUT2D eigenvalue weighted by atomic mass is 10.0. The van der Waals surface area contributed by atoms with Gasteiger partial charge < -0.3 is 10.6 Å². The van der Waals surface area contributed by atoms with Crippen LogP contribution in [0.3, 0.4) is 0 Å². The first-order chi connectivity index (χ1) is 8.51. The number of hydrogen-bond acceptors (Lipinski definition) is 2. The average molecular weight is 356 g/mol. The van der Waals surface area contributed by atoms with E-state index in [4.69, 9.17) is 0 Å². The van der Waals surface area contributed by atoms with E-state index in [1.165, 1.54) is 6.07 Å². The third kappa shape index (κ3) is 3.87. The molecular weight excluding hydrogens is 341 g/mol. The van der Waals surface area contributed by atoms with Crippen molar-refractivity contribution in [1.29, 1.82) is 0 Å². The van der Waals surface area contributed by atoms with Crippen LogP contribution >= 0.6 is 28.3 Å². The first-order valence-corrected chi connectivity index (χ1v) is 6.42. The van der Waals surface area contributed by atoms with Gasteiger partial charge in [0.15, 0.2) is 0 Å². The van der Waals surface area contributed by atoms with Gasteiger partial charge in [-0.05, 0) is 18.7 Å². The third-order valence-electron chi connectivity index (χ3n) is 2.96. The SMILES string of the molecule is Cl.O=C(NCc1ccc(Br)cc1F)C1(F)CCNC1. The highest BCUT2D eigenvalue weighted by atomic mass is 79.9. The van der Waals surface area contributed by atoms with Gasteiger partial charge in [0, 0.05) is 29.5 Å². The number of benzene rings is 1. The van der Waals surface area contributed by atoms with E-state index in [1.54, 1.807) is 12.1 Å². The van der Waals surface area contributed by atoms with Crippen molar-refractivity contribution in [2.24, 2.45) is 0 Å². The van der Waals surface area contributed by atoms with Gasteiger partial charge in [0.25, 0.3) is 5.91 Å². The second kappa shape index (κ2) is 6.63. The number of amides is 1. The van der Waals surface area contributed by atoms with Gasteiger partial charge in [-0.25, -0.2) is 8.78 Å². The number of rotatable bonds is 3. The number of carbonyl (C=O) groups is 1. The Morgan fingerprint density at radius 1 is 1.53 bits per heavy atom. The summed E-state index contributed by atoms with van der Waals surface area (Å²) in [5.41, 5.74) is -1.53. The molecule has 2 rings (SSSR count). The van der Waals surface area contributed by atoms with Crippen molar-refractivity contribution in [3.8, 4) is 0 Å². The number of hydrogen-bond donors (Lipinski definition) is 2. The topological polar surface area (TPSA) is 41.1 Å². The summed E-state index contributed by atoms with van der Waals surface area (Å²) in [5.74, 6) is -1.11. The molecule has 0 aliphatic carbocycles. The Bertz CT molecular complexity index is 467. The number of nitrogens with one attached hydrogen (secondary N) is 2. The lowest BCUT2D eigenvalue weighted by Gasteiger charge is -2.17. The molecule has 1 aromatic rings. The monoisotopic (exact) mass is 354 g/mol. The molecule has 1 atom stereocenters. The zero-order chi connectivity index (χ0) is 13.2. The minimum absolute atomic E-state index is 0. The van der Waals surface area contributed by atoms with E-state index in [1.807, 2.05) is 0 Å². The molecule has 0 bridgehead atoms. The van der Waals surface area contributed by atoms with Gasteiger partial charge in [0.05, 0.1) is 0 Å². The van der Waals surface area contributed by atoms with Crippen LogP contribution in [-0.2, 0) is 11.3 Å². The third-order valence-corrected chi connectivity index (χ3v) is 3.46. The minimum atomic E-state index is -1.87. The molecule has 2 N–H and O–H groups in total. The van der Waals surface area contributed by atoms with Crippen molar-refractivity contribution in [2.45, 2.75) is 18.6 Å². The standard InChI is InChI=1S/C12H13BrF2N2O.ClH/c13-9-2-1-8(10(14)5-9)6-17-11(18)12(15)3-4-16-7-12;/h1-2,5,16H,3-4,6-7H2,(H,17,18);1H. The highest BCUT2D eigenvalue weighted by Crippen LogP contribution is 2.20. The zero-order valence-corrected chi connectivity index (χ0v) is 12.4. The van der Waals surface area contributed by atoms with Crippen LogP contribution in [0.1, 0.15) is 12.0 Å². The fourth-order valence-electron chi connectivity index (χ4n) is 1.85. The van der Waals surface area contributed by atoms with E-state index >= 15 is 0 Å². The van der Waals surface area contributed by atoms with Crippen molar-refractivity contribution in [2.75, 3.05) is 13.1 Å². The van der Waals surface area contributed by atoms with E-state index in [0.29, 0.717) is 16.6 Å². The molecule has 3 nitrogen and oxygen atoms in total. The van der Waals surface area contributed by atoms with Crippen molar-refractivity contribution >= 4 is 34.2 Å². The first kappa shape index (κ1) is 16.3. The lowest BCUT2D eigenvalue weighted by Crippen LogP contribution is -2.44. The van der Waals surface area contributed by atoms with Crippen molar-refractivity contribution in [3.63, 3.8) is 0 Å². The summed E-state index contributed by atoms with van der Waals surface area (Å²) in [7, 11) is 0. The average Bonchev–Trinajstić information content (AvgIpc) is 2.76. The normalized spacial score (nSPS) is 21.8. The van der Waals surface area contributed by atoms with Gasteiger partial charge in [-0.15, -0.1) is 12.4 Å². The molecule has 7 heteroatoms. The van der Waals surface area contributed by atoms with Gasteiger partial charge in [-0.3, -0.25) is 4.79 Å². The quantitative estimate of drug-likeness (QED) is 0.874. The van der Waals surface area contributed by atoms with E-state index in [-0.39, 0.29) is 31.9 Å². The summed E-state index contributed by atoms with van der Waals surface area (Å²) in [6, 6.07) is 4.54. The van der Waals surface area contributed by atoms with Crippen molar-refractivity contribution in [3.05, 3.63) is 34.1 Å². The second-order valence-corrected chi connectivity index (χ2v) is 5.23. The van der Waals surface area contributed by atoms with Crippen LogP contribution in [0.4, 0.5) is 8.78 Å². The van der Waals surface area contributed by atoms with E-state index < -0.39 is 17.4 Å². The molecular formula is C12H14BrClF2N2O. The summed E-state index contributed by atoms with van der Waals surface area (Å²) in [4.78, 5) is 11.7. The molecule has 0 aromatic heterocycles. The van der Waals surface area contributed by atoms with E-state index in [0.717, 1.165) is 0 Å². The Morgan fingerprint density at radius 2 is 2.26 bits per heavy atom. The molecule has 0 radical (unpaired) electrons. The zero-order valence-electron chi connectivity index (χ0n) is 10.0. The highest BCUT2D eigenvalue weighted by molar-refractivity contribution is 9.10. The summed E-state index contributed by atoms with van der Waals surface area (Å²) < 4.78 is 28.1. The smallest absolute Gasteiger partial charge is 0.259 e. The van der Waals surface area contributed by atoms with Crippen LogP contribution in [0.5, 0.6) is 0 Å². The van der Waals surface area contributed by atoms with Crippen LogP contribution in [0.25, 0.3) is 0 Å². The largest absolute Gasteiger partial charge is 0.349 e. The predicted molar refractivity (Wildman–Crippen MR) is 74.5 cm³/mol. The summed E-state index contributed by atoms with van der Waals surface area (Å²) in [6.45, 7) is 0.488. The van der Waals surface area contributed by atoms with Crippen molar-refractivity contribution in [1.82, 2.24) is 10.6 Å². The lowest BCUT2D eigenvalue weighted by molar-refractivity contribution is -0.131. The minimum Gasteiger partial charge on any atom is -0.349 e. The van der Waals surface area contributed by atoms with Crippen LogP contribution in [0, 0.1) is 5.82 Å². The number of halogens is 4. The second-order valence-electron chi connectivity index (χ2n) is 4.31. The van der Waals surface area contributed by atoms with E-state index in [2.05, 4.69) is 26.6 Å². The molecule has 1 unspecified atom stereocenters. The van der Waals surface area contributed by atoms with Gasteiger partial charge in [0.1, 0.15) is 5.82 Å². The molecule has 1 heterocycles. The molecule has 1 aliphatic rings. The maximum atomic E-state index is 14.0. The molecule has 1 saturated heterocycles. The molecule has 1 amide bonds. The van der Waals surface area contributed by atoms with Crippen LogP contribution in [0.15, 0.2) is 22.7 Å². The summed E-state index contributed by atoms with van der Waals surface area (Å²) in [5, 5.41) is 5.23. The first-order valence-electron chi connectivity index (χ1n) is 5.63. The number of alkyl halides is 1. The molecule has 0 saturated carbocycles. The fourth-order valence-corrected chi connectivity index (χ4v) is 2.19. The van der Waals surface area contributed by atoms with Crippen LogP contribution < -0.4 is 10.6 Å². The molecule has 1 fully saturated rings. The molecule has 1 aromatic carbocycles. The van der Waals surface area contributed by atoms with Gasteiger partial charge >= 0.3 is 0 Å². The van der Waals surface area contributed by atoms with Gasteiger partial charge in [0.2, 0.25) is 5.67 Å². The Kier molecular flexibility index (Phi) is 5.70. The Labute approximate surface area is 124 Å². The van der Waals surface area contributed by atoms with Gasteiger partial charge in [-0.1, -0.05) is 22.0 Å². The maximum Gasteiger partial charge on any atom is 0.259 e. The predicted octanol–water partition coefficient (Wildman–Crippen LogP) is 2.33. The maximum absolute atomic E-state index is 14.0. The Morgan fingerprint density at radius 3 is 2.84 bits per heavy atom. The molecule has 1 aliphatic heterocycles. The number of carbonyl (C=O) groups excluding carboxylic acids is 1.